The number of hydrogen-bond donors (Lipinski definition) is 1. The van der Waals surface area contributed by atoms with E-state index < -0.39 is 59.5 Å². The van der Waals surface area contributed by atoms with Gasteiger partial charge in [0.1, 0.15) is 23.2 Å². The first-order valence-corrected chi connectivity index (χ1v) is 11.3. The highest BCUT2D eigenvalue weighted by Gasteiger charge is 2.46. The molecular weight excluding hydrogens is 562 g/mol. The van der Waals surface area contributed by atoms with E-state index in [1.54, 1.807) is 20.8 Å². The van der Waals surface area contributed by atoms with E-state index in [4.69, 9.17) is 4.74 Å². The molecule has 2 aromatic carbocycles. The second-order valence-corrected chi connectivity index (χ2v) is 9.86. The van der Waals surface area contributed by atoms with Crippen LogP contribution in [0.2, 0.25) is 0 Å². The molecule has 1 heterocycles. The molecule has 0 radical (unpaired) electrons. The van der Waals surface area contributed by atoms with Crippen LogP contribution in [0.15, 0.2) is 40.9 Å². The number of carbonyl (C=O) groups is 2. The number of nitrogens with zero attached hydrogens (tertiary/aromatic N) is 1. The molecule has 13 heteroatoms. The number of rotatable bonds is 4. The van der Waals surface area contributed by atoms with Gasteiger partial charge >= 0.3 is 12.5 Å². The summed E-state index contributed by atoms with van der Waals surface area (Å²) in [5.74, 6) is -6.19. The minimum absolute atomic E-state index is 0.192. The van der Waals surface area contributed by atoms with Crippen molar-refractivity contribution in [2.45, 2.75) is 57.7 Å². The van der Waals surface area contributed by atoms with Crippen LogP contribution < -0.4 is 15.0 Å². The molecule has 36 heavy (non-hydrogen) atoms. The Labute approximate surface area is 210 Å². The van der Waals surface area contributed by atoms with Gasteiger partial charge < -0.3 is 19.7 Å². The number of fused-ring (bicyclic) bond motifs is 1. The average Bonchev–Trinajstić information content (AvgIpc) is 2.77. The molecule has 196 valence electrons. The molecule has 3 rings (SSSR count). The third-order valence-corrected chi connectivity index (χ3v) is 5.54. The molecule has 1 atom stereocenters. The summed E-state index contributed by atoms with van der Waals surface area (Å²) < 4.78 is 90.7. The number of halogens is 7. The molecule has 1 aliphatic rings. The largest absolute Gasteiger partial charge is 0.573 e. The summed E-state index contributed by atoms with van der Waals surface area (Å²) in [5, 5.41) is 2.15. The molecule has 1 unspecified atom stereocenters. The molecule has 1 N–H and O–H groups in total. The third kappa shape index (κ3) is 6.83. The van der Waals surface area contributed by atoms with Gasteiger partial charge in [0, 0.05) is 12.0 Å². The van der Waals surface area contributed by atoms with Crippen LogP contribution in [-0.2, 0) is 22.0 Å². The molecule has 1 aliphatic heterocycles. The lowest BCUT2D eigenvalue weighted by atomic mass is 10.0. The number of alkyl carbamates (subject to hydrolysis) is 1. The van der Waals surface area contributed by atoms with Crippen molar-refractivity contribution >= 4 is 33.6 Å². The van der Waals surface area contributed by atoms with E-state index in [2.05, 4.69) is 26.0 Å². The second-order valence-electron chi connectivity index (χ2n) is 9.01. The molecule has 0 saturated carbocycles. The number of hydrogen-bond acceptors (Lipinski definition) is 4. The molecule has 0 saturated heterocycles. The maximum Gasteiger partial charge on any atom is 0.573 e. The maximum atomic E-state index is 15.2. The van der Waals surface area contributed by atoms with Crippen molar-refractivity contribution in [1.29, 1.82) is 0 Å². The summed E-state index contributed by atoms with van der Waals surface area (Å²) >= 11 is 2.93. The highest BCUT2D eigenvalue weighted by atomic mass is 79.9. The zero-order chi connectivity index (χ0) is 27.1. The Morgan fingerprint density at radius 2 is 1.78 bits per heavy atom. The minimum Gasteiger partial charge on any atom is -0.444 e. The fourth-order valence-electron chi connectivity index (χ4n) is 3.52. The van der Waals surface area contributed by atoms with E-state index in [0.717, 1.165) is 23.1 Å². The van der Waals surface area contributed by atoms with Crippen LogP contribution in [0.25, 0.3) is 0 Å². The molecule has 0 aliphatic carbocycles. The standard InChI is InChI=1S/C23H21BrF6N2O4/c1-21(2,3)36-20(34)31-17-10-22(26,27)14-8-16(25)15(24)9-18(14)32(19(17)33)11-12-4-6-13(7-5-12)35-23(28,29)30/h4-9,17H,10-11H2,1-3H3,(H,31,34). The minimum atomic E-state index is -4.91. The van der Waals surface area contributed by atoms with Crippen molar-refractivity contribution < 1.29 is 45.4 Å². The van der Waals surface area contributed by atoms with Crippen LogP contribution in [-0.4, -0.2) is 30.0 Å². The van der Waals surface area contributed by atoms with Crippen molar-refractivity contribution in [3.63, 3.8) is 0 Å². The van der Waals surface area contributed by atoms with Gasteiger partial charge in [-0.25, -0.2) is 18.0 Å². The number of carbonyl (C=O) groups excluding carboxylic acids is 2. The lowest BCUT2D eigenvalue weighted by molar-refractivity contribution is -0.274. The number of nitrogens with one attached hydrogen (secondary N) is 1. The van der Waals surface area contributed by atoms with Gasteiger partial charge in [-0.15, -0.1) is 13.2 Å². The summed E-state index contributed by atoms with van der Waals surface area (Å²) in [5.41, 5.74) is -1.84. The predicted octanol–water partition coefficient (Wildman–Crippen LogP) is 6.41. The molecule has 0 aromatic heterocycles. The van der Waals surface area contributed by atoms with E-state index in [0.29, 0.717) is 6.07 Å². The SMILES string of the molecule is CC(C)(C)OC(=O)NC1CC(F)(F)c2cc(F)c(Br)cc2N(Cc2ccc(OC(F)(F)F)cc2)C1=O. The molecular formula is C23H21BrF6N2O4. The Bertz CT molecular complexity index is 1150. The van der Waals surface area contributed by atoms with Gasteiger partial charge in [-0.05, 0) is 66.5 Å². The smallest absolute Gasteiger partial charge is 0.444 e. The monoisotopic (exact) mass is 582 g/mol. The molecule has 0 fully saturated rings. The summed E-state index contributed by atoms with van der Waals surface area (Å²) in [6.07, 6.45) is -7.19. The fourth-order valence-corrected chi connectivity index (χ4v) is 3.85. The van der Waals surface area contributed by atoms with Gasteiger partial charge in [0.05, 0.1) is 16.7 Å². The van der Waals surface area contributed by atoms with Crippen LogP contribution in [0.5, 0.6) is 5.75 Å². The van der Waals surface area contributed by atoms with Gasteiger partial charge in [0.25, 0.3) is 5.92 Å². The molecule has 6 nitrogen and oxygen atoms in total. The predicted molar refractivity (Wildman–Crippen MR) is 120 cm³/mol. The molecule has 0 spiro atoms. The quantitative estimate of drug-likeness (QED) is 0.423. The van der Waals surface area contributed by atoms with Crippen LogP contribution in [0.1, 0.15) is 38.3 Å². The zero-order valence-electron chi connectivity index (χ0n) is 19.2. The van der Waals surface area contributed by atoms with Crippen molar-refractivity contribution in [2.75, 3.05) is 4.90 Å². The van der Waals surface area contributed by atoms with Gasteiger partial charge in [-0.2, -0.15) is 0 Å². The Morgan fingerprint density at radius 3 is 2.33 bits per heavy atom. The fraction of sp³-hybridized carbons (Fsp3) is 0.391. The number of benzene rings is 2. The topological polar surface area (TPSA) is 67.9 Å². The zero-order valence-corrected chi connectivity index (χ0v) is 20.8. The maximum absolute atomic E-state index is 15.2. The molecule has 2 aromatic rings. The Hall–Kier alpha value is -2.96. The Kier molecular flexibility index (Phi) is 7.54. The number of ether oxygens (including phenoxy) is 2. The summed E-state index contributed by atoms with van der Waals surface area (Å²) in [6.45, 7) is 4.26. The van der Waals surface area contributed by atoms with Crippen molar-refractivity contribution in [3.05, 3.63) is 57.8 Å². The summed E-state index contributed by atoms with van der Waals surface area (Å²) in [4.78, 5) is 26.6. The average molecular weight is 583 g/mol. The number of alkyl halides is 5. The van der Waals surface area contributed by atoms with Gasteiger partial charge in [-0.3, -0.25) is 4.79 Å². The highest BCUT2D eigenvalue weighted by Crippen LogP contribution is 2.44. The van der Waals surface area contributed by atoms with Gasteiger partial charge in [0.15, 0.2) is 0 Å². The van der Waals surface area contributed by atoms with Gasteiger partial charge in [-0.1, -0.05) is 12.1 Å². The van der Waals surface area contributed by atoms with E-state index >= 15 is 8.78 Å². The summed E-state index contributed by atoms with van der Waals surface area (Å²) in [7, 11) is 0. The van der Waals surface area contributed by atoms with Crippen molar-refractivity contribution in [2.24, 2.45) is 0 Å². The second kappa shape index (κ2) is 9.83. The first-order valence-electron chi connectivity index (χ1n) is 10.5. The lowest BCUT2D eigenvalue weighted by Gasteiger charge is -2.27. The van der Waals surface area contributed by atoms with Gasteiger partial charge in [0.2, 0.25) is 5.91 Å². The third-order valence-electron chi connectivity index (χ3n) is 4.94. The normalized spacial score (nSPS) is 17.8. The molecule has 2 amide bonds. The first kappa shape index (κ1) is 27.6. The number of amides is 2. The number of anilines is 1. The molecule has 0 bridgehead atoms. The van der Waals surface area contributed by atoms with E-state index in [-0.39, 0.29) is 22.3 Å². The van der Waals surface area contributed by atoms with Crippen molar-refractivity contribution in [3.8, 4) is 5.75 Å². The summed E-state index contributed by atoms with van der Waals surface area (Å²) in [6, 6.07) is 4.27. The van der Waals surface area contributed by atoms with E-state index in [1.807, 2.05) is 0 Å². The van der Waals surface area contributed by atoms with Crippen LogP contribution in [0, 0.1) is 5.82 Å². The highest BCUT2D eigenvalue weighted by molar-refractivity contribution is 9.10. The van der Waals surface area contributed by atoms with E-state index in [9.17, 15) is 27.2 Å². The Morgan fingerprint density at radius 1 is 1.17 bits per heavy atom. The van der Waals surface area contributed by atoms with Crippen LogP contribution in [0.4, 0.5) is 36.8 Å². The van der Waals surface area contributed by atoms with E-state index in [1.165, 1.54) is 12.1 Å². The Balaban J connectivity index is 2.01. The van der Waals surface area contributed by atoms with Crippen molar-refractivity contribution in [1.82, 2.24) is 5.32 Å². The first-order chi connectivity index (χ1) is 16.4. The van der Waals surface area contributed by atoms with Crippen LogP contribution in [0.3, 0.4) is 0 Å². The van der Waals surface area contributed by atoms with Crippen LogP contribution >= 0.6 is 15.9 Å². The lowest BCUT2D eigenvalue weighted by Crippen LogP contribution is -2.49.